The Labute approximate surface area is 241 Å². The molecule has 0 aromatic heterocycles. The van der Waals surface area contributed by atoms with E-state index in [0.717, 1.165) is 17.7 Å². The van der Waals surface area contributed by atoms with Crippen molar-refractivity contribution in [2.75, 3.05) is 0 Å². The van der Waals surface area contributed by atoms with Gasteiger partial charge in [0.2, 0.25) is 0 Å². The quantitative estimate of drug-likeness (QED) is 0.230. The fourth-order valence-corrected chi connectivity index (χ4v) is 5.27. The van der Waals surface area contributed by atoms with E-state index in [4.69, 9.17) is 16.3 Å². The molecule has 0 bridgehead atoms. The third-order valence-electron chi connectivity index (χ3n) is 6.73. The Bertz CT molecular complexity index is 1720. The van der Waals surface area contributed by atoms with Gasteiger partial charge in [-0.25, -0.2) is 0 Å². The highest BCUT2D eigenvalue weighted by molar-refractivity contribution is 6.33. The molecule has 0 saturated carbocycles. The Morgan fingerprint density at radius 2 is 1.59 bits per heavy atom. The Morgan fingerprint density at radius 1 is 0.951 bits per heavy atom. The van der Waals surface area contributed by atoms with Crippen LogP contribution >= 0.6 is 11.6 Å². The molecule has 4 aromatic rings. The summed E-state index contributed by atoms with van der Waals surface area (Å²) in [6.45, 7) is 7.39. The molecule has 8 heteroatoms. The van der Waals surface area contributed by atoms with Crippen LogP contribution in [0.2, 0.25) is 5.02 Å². The van der Waals surface area contributed by atoms with E-state index in [1.165, 1.54) is 25.1 Å². The molecule has 0 atom stereocenters. The maximum atomic E-state index is 13.3. The van der Waals surface area contributed by atoms with Gasteiger partial charge in [0.15, 0.2) is 0 Å². The van der Waals surface area contributed by atoms with E-state index < -0.39 is 17.2 Å². The van der Waals surface area contributed by atoms with Crippen molar-refractivity contribution in [3.8, 4) is 34.8 Å². The van der Waals surface area contributed by atoms with E-state index in [1.807, 2.05) is 39.0 Å². The van der Waals surface area contributed by atoms with Crippen molar-refractivity contribution in [3.05, 3.63) is 93.5 Å². The first kappa shape index (κ1) is 29.6. The third-order valence-corrected chi connectivity index (χ3v) is 7.02. The molecule has 0 amide bonds. The molecule has 0 aliphatic rings. The summed E-state index contributed by atoms with van der Waals surface area (Å²) in [6.07, 6.45) is -3.53. The molecular formula is C33H26ClF3N2O2. The van der Waals surface area contributed by atoms with Gasteiger partial charge in [-0.15, -0.1) is 0 Å². The van der Waals surface area contributed by atoms with Crippen molar-refractivity contribution in [2.24, 2.45) is 0 Å². The average molecular weight is 575 g/mol. The summed E-state index contributed by atoms with van der Waals surface area (Å²) in [5.74, 6) is 0.894. The Balaban J connectivity index is 2.04. The number of aryl methyl sites for hydroxylation is 1. The highest BCUT2D eigenvalue weighted by Gasteiger charge is 2.31. The first-order valence-corrected chi connectivity index (χ1v) is 13.2. The van der Waals surface area contributed by atoms with Crippen LogP contribution in [0, 0.1) is 22.7 Å². The van der Waals surface area contributed by atoms with Crippen LogP contribution in [0.4, 0.5) is 13.2 Å². The van der Waals surface area contributed by atoms with Crippen LogP contribution < -0.4 is 4.74 Å². The number of hydrogen-bond acceptors (Lipinski definition) is 4. The minimum absolute atomic E-state index is 0.0198. The second kappa shape index (κ2) is 11.3. The summed E-state index contributed by atoms with van der Waals surface area (Å²) in [5, 5.41) is 21.3. The summed E-state index contributed by atoms with van der Waals surface area (Å²) in [5.41, 5.74) is 0.903. The molecule has 0 radical (unpaired) electrons. The molecule has 0 fully saturated rings. The molecule has 0 unspecified atom stereocenters. The van der Waals surface area contributed by atoms with Crippen molar-refractivity contribution >= 4 is 28.2 Å². The maximum Gasteiger partial charge on any atom is 0.416 e. The number of fused-ring (bicyclic) bond motifs is 1. The Hall–Kier alpha value is -4.33. The van der Waals surface area contributed by atoms with E-state index in [2.05, 4.69) is 6.07 Å². The van der Waals surface area contributed by atoms with E-state index >= 15 is 0 Å². The Morgan fingerprint density at radius 3 is 2.10 bits per heavy atom. The minimum atomic E-state index is -4.54. The lowest BCUT2D eigenvalue weighted by molar-refractivity contribution is -0.137. The summed E-state index contributed by atoms with van der Waals surface area (Å²) in [7, 11) is 0. The lowest BCUT2D eigenvalue weighted by Gasteiger charge is -2.27. The van der Waals surface area contributed by atoms with Crippen LogP contribution in [0.3, 0.4) is 0 Å². The topological polar surface area (TPSA) is 73.9 Å². The number of hydrogen-bond donors (Lipinski definition) is 0. The van der Waals surface area contributed by atoms with Gasteiger partial charge in [0.25, 0.3) is 0 Å². The van der Waals surface area contributed by atoms with Crippen LogP contribution in [0.1, 0.15) is 61.9 Å². The van der Waals surface area contributed by atoms with Crippen molar-refractivity contribution in [3.63, 3.8) is 0 Å². The highest BCUT2D eigenvalue weighted by Crippen LogP contribution is 2.49. The fraction of sp³-hybridized carbons (Fsp3) is 0.242. The summed E-state index contributed by atoms with van der Waals surface area (Å²) in [6, 6.07) is 19.1. The monoisotopic (exact) mass is 574 g/mol. The molecule has 4 aromatic carbocycles. The van der Waals surface area contributed by atoms with Gasteiger partial charge in [0.05, 0.1) is 16.7 Å². The van der Waals surface area contributed by atoms with E-state index in [9.17, 15) is 28.5 Å². The lowest BCUT2D eigenvalue weighted by Crippen LogP contribution is -2.14. The number of rotatable bonds is 6. The first-order chi connectivity index (χ1) is 19.2. The van der Waals surface area contributed by atoms with Crippen LogP contribution in [-0.4, -0.2) is 5.78 Å². The van der Waals surface area contributed by atoms with Gasteiger partial charge in [0.1, 0.15) is 29.4 Å². The molecule has 0 saturated heterocycles. The zero-order valence-corrected chi connectivity index (χ0v) is 23.7. The molecule has 4 nitrogen and oxygen atoms in total. The second-order valence-electron chi connectivity index (χ2n) is 10.8. The summed E-state index contributed by atoms with van der Waals surface area (Å²) in [4.78, 5) is 11.4. The predicted molar refractivity (Wildman–Crippen MR) is 153 cm³/mol. The van der Waals surface area contributed by atoms with Gasteiger partial charge in [-0.1, -0.05) is 56.6 Å². The maximum absolute atomic E-state index is 13.3. The number of alkyl halides is 3. The molecule has 208 valence electrons. The number of nitrogens with zero attached hydrogens (tertiary/aromatic N) is 2. The van der Waals surface area contributed by atoms with Gasteiger partial charge in [-0.05, 0) is 71.7 Å². The largest absolute Gasteiger partial charge is 0.456 e. The molecular weight excluding hydrogens is 549 g/mol. The number of carbonyl (C=O) groups is 1. The molecule has 0 N–H and O–H groups in total. The number of Topliss-reactive ketones (excluding diaryl/α,β-unsaturated/α-hetero) is 1. The van der Waals surface area contributed by atoms with Gasteiger partial charge >= 0.3 is 6.18 Å². The molecule has 4 rings (SSSR count). The van der Waals surface area contributed by atoms with Crippen LogP contribution in [0.25, 0.3) is 21.9 Å². The number of carbonyl (C=O) groups excluding carboxylic acids is 1. The fourth-order valence-electron chi connectivity index (χ4n) is 4.79. The SMILES string of the molecule is CC(=O)CCc1ccc(Oc2c(C(C)(C)C)c(Cl)cc3cc(C#N)c(C#N)c(-c4ccc(C(F)(F)F)cc4)c23)cc1. The number of halogens is 4. The van der Waals surface area contributed by atoms with Gasteiger partial charge in [-0.2, -0.15) is 23.7 Å². The number of ether oxygens (including phenoxy) is 1. The Kier molecular flexibility index (Phi) is 8.15. The van der Waals surface area contributed by atoms with Gasteiger partial charge in [0, 0.05) is 28.0 Å². The van der Waals surface area contributed by atoms with Gasteiger partial charge in [-0.3, -0.25) is 0 Å². The third kappa shape index (κ3) is 6.21. The average Bonchev–Trinajstić information content (AvgIpc) is 2.90. The number of nitriles is 2. The summed E-state index contributed by atoms with van der Waals surface area (Å²) >= 11 is 6.81. The van der Waals surface area contributed by atoms with E-state index in [0.29, 0.717) is 51.3 Å². The highest BCUT2D eigenvalue weighted by atomic mass is 35.5. The van der Waals surface area contributed by atoms with Crippen molar-refractivity contribution in [1.82, 2.24) is 0 Å². The zero-order chi connectivity index (χ0) is 30.1. The second-order valence-corrected chi connectivity index (χ2v) is 11.2. The summed E-state index contributed by atoms with van der Waals surface area (Å²) < 4.78 is 46.5. The van der Waals surface area contributed by atoms with Crippen LogP contribution in [-0.2, 0) is 22.8 Å². The number of ketones is 1. The van der Waals surface area contributed by atoms with Crippen molar-refractivity contribution < 1.29 is 22.7 Å². The molecule has 0 aliphatic carbocycles. The smallest absolute Gasteiger partial charge is 0.416 e. The van der Waals surface area contributed by atoms with Crippen molar-refractivity contribution in [2.45, 2.75) is 52.1 Å². The molecule has 41 heavy (non-hydrogen) atoms. The molecule has 0 heterocycles. The lowest BCUT2D eigenvalue weighted by atomic mass is 9.82. The molecule has 0 aliphatic heterocycles. The van der Waals surface area contributed by atoms with E-state index in [-0.39, 0.29) is 22.5 Å². The standard InChI is InChI=1S/C33H26ClF3N2O2/c1-19(40)5-6-20-7-13-25(14-8-20)41-31-29-22(16-27(34)30(31)32(2,3)4)15-23(17-38)26(18-39)28(29)21-9-11-24(12-10-21)33(35,36)37/h7-16H,5-6H2,1-4H3. The van der Waals surface area contributed by atoms with Crippen LogP contribution in [0.15, 0.2) is 60.7 Å². The molecule has 0 spiro atoms. The number of benzene rings is 4. The predicted octanol–water partition coefficient (Wildman–Crippen LogP) is 9.53. The minimum Gasteiger partial charge on any atom is -0.456 e. The van der Waals surface area contributed by atoms with Crippen molar-refractivity contribution in [1.29, 1.82) is 10.5 Å². The van der Waals surface area contributed by atoms with E-state index in [1.54, 1.807) is 18.2 Å². The normalized spacial score (nSPS) is 11.7. The van der Waals surface area contributed by atoms with Gasteiger partial charge < -0.3 is 9.53 Å². The zero-order valence-electron chi connectivity index (χ0n) is 22.9. The first-order valence-electron chi connectivity index (χ1n) is 12.8. The van der Waals surface area contributed by atoms with Crippen LogP contribution in [0.5, 0.6) is 11.5 Å².